The van der Waals surface area contributed by atoms with Crippen LogP contribution in [0.4, 0.5) is 4.39 Å². The standard InChI is InChI=1S/C20H22FN5O3/c1-25-11-22-17(24-25)10-26-9-16(18(27)19(28)23-14-6-7-14)15(20(26)29)8-12-2-4-13(21)5-3-12/h2-5,11,14-16H,6-10H2,1H3,(H,23,28)/t15-,16+/m1/s1. The summed E-state index contributed by atoms with van der Waals surface area (Å²) in [6, 6.07) is 5.89. The minimum absolute atomic E-state index is 0.0629. The summed E-state index contributed by atoms with van der Waals surface area (Å²) in [5, 5.41) is 6.89. The third-order valence-corrected chi connectivity index (χ3v) is 5.35. The maximum atomic E-state index is 13.2. The van der Waals surface area contributed by atoms with Crippen molar-refractivity contribution >= 4 is 17.6 Å². The number of rotatable bonds is 7. The Morgan fingerprint density at radius 1 is 1.24 bits per heavy atom. The second-order valence-electron chi connectivity index (χ2n) is 7.71. The Kier molecular flexibility index (Phi) is 5.12. The predicted octanol–water partition coefficient (Wildman–Crippen LogP) is 0.619. The van der Waals surface area contributed by atoms with Crippen LogP contribution in [0.1, 0.15) is 24.2 Å². The van der Waals surface area contributed by atoms with Gasteiger partial charge in [0.15, 0.2) is 5.82 Å². The predicted molar refractivity (Wildman–Crippen MR) is 99.7 cm³/mol. The minimum Gasteiger partial charge on any atom is -0.347 e. The molecule has 0 spiro atoms. The van der Waals surface area contributed by atoms with Crippen molar-refractivity contribution in [2.24, 2.45) is 18.9 Å². The Morgan fingerprint density at radius 2 is 1.97 bits per heavy atom. The number of ketones is 1. The number of nitrogens with one attached hydrogen (secondary N) is 1. The number of nitrogens with zero attached hydrogens (tertiary/aromatic N) is 4. The first kappa shape index (κ1) is 19.2. The number of hydrogen-bond donors (Lipinski definition) is 1. The largest absolute Gasteiger partial charge is 0.347 e. The Bertz CT molecular complexity index is 938. The van der Waals surface area contributed by atoms with Crippen molar-refractivity contribution in [2.45, 2.75) is 31.8 Å². The van der Waals surface area contributed by atoms with Crippen molar-refractivity contribution in [3.63, 3.8) is 0 Å². The fraction of sp³-hybridized carbons (Fsp3) is 0.450. The topological polar surface area (TPSA) is 97.2 Å². The van der Waals surface area contributed by atoms with Crippen molar-refractivity contribution in [1.29, 1.82) is 0 Å². The normalized spacial score (nSPS) is 21.4. The Labute approximate surface area is 167 Å². The molecule has 2 aromatic rings. The van der Waals surface area contributed by atoms with Gasteiger partial charge in [0.2, 0.25) is 11.7 Å². The van der Waals surface area contributed by atoms with Gasteiger partial charge in [0, 0.05) is 19.6 Å². The highest BCUT2D eigenvalue weighted by molar-refractivity contribution is 6.37. The summed E-state index contributed by atoms with van der Waals surface area (Å²) in [6.07, 6.45) is 3.55. The third kappa shape index (κ3) is 4.33. The molecule has 0 unspecified atom stereocenters. The van der Waals surface area contributed by atoms with Crippen LogP contribution in [0.25, 0.3) is 0 Å². The first-order valence-corrected chi connectivity index (χ1v) is 9.63. The highest BCUT2D eigenvalue weighted by atomic mass is 19.1. The monoisotopic (exact) mass is 399 g/mol. The lowest BCUT2D eigenvalue weighted by molar-refractivity contribution is -0.141. The summed E-state index contributed by atoms with van der Waals surface area (Å²) in [6.45, 7) is 0.313. The van der Waals surface area contributed by atoms with Gasteiger partial charge in [-0.15, -0.1) is 0 Å². The summed E-state index contributed by atoms with van der Waals surface area (Å²) in [5.41, 5.74) is 0.739. The van der Waals surface area contributed by atoms with Gasteiger partial charge in [-0.2, -0.15) is 5.10 Å². The first-order valence-electron chi connectivity index (χ1n) is 9.63. The zero-order valence-electron chi connectivity index (χ0n) is 16.0. The van der Waals surface area contributed by atoms with Crippen LogP contribution in [0, 0.1) is 17.7 Å². The maximum absolute atomic E-state index is 13.2. The van der Waals surface area contributed by atoms with Gasteiger partial charge < -0.3 is 10.2 Å². The Balaban J connectivity index is 1.54. The molecule has 1 aromatic carbocycles. The van der Waals surface area contributed by atoms with Gasteiger partial charge in [-0.3, -0.25) is 19.1 Å². The van der Waals surface area contributed by atoms with Crippen LogP contribution in [0.5, 0.6) is 0 Å². The summed E-state index contributed by atoms with van der Waals surface area (Å²) in [5.74, 6) is -2.76. The smallest absolute Gasteiger partial charge is 0.287 e. The van der Waals surface area contributed by atoms with Crippen molar-refractivity contribution < 1.29 is 18.8 Å². The molecule has 9 heteroatoms. The van der Waals surface area contributed by atoms with Gasteiger partial charge >= 0.3 is 0 Å². The van der Waals surface area contributed by atoms with E-state index >= 15 is 0 Å². The number of carbonyl (C=O) groups excluding carboxylic acids is 3. The molecule has 2 amide bonds. The van der Waals surface area contributed by atoms with E-state index in [1.165, 1.54) is 28.0 Å². The molecule has 1 aliphatic carbocycles. The van der Waals surface area contributed by atoms with Crippen LogP contribution in [0.2, 0.25) is 0 Å². The van der Waals surface area contributed by atoms with Crippen LogP contribution < -0.4 is 5.32 Å². The molecular formula is C20H22FN5O3. The van der Waals surface area contributed by atoms with E-state index in [9.17, 15) is 18.8 Å². The quantitative estimate of drug-likeness (QED) is 0.689. The highest BCUT2D eigenvalue weighted by Crippen LogP contribution is 2.30. The van der Waals surface area contributed by atoms with E-state index < -0.39 is 23.5 Å². The molecule has 1 aliphatic heterocycles. The molecule has 2 aliphatic rings. The fourth-order valence-electron chi connectivity index (χ4n) is 3.65. The SMILES string of the molecule is Cn1cnc(CN2C[C@H](C(=O)C(=O)NC3CC3)[C@@H](Cc3ccc(F)cc3)C2=O)n1. The van der Waals surface area contributed by atoms with Crippen LogP contribution in [0.15, 0.2) is 30.6 Å². The summed E-state index contributed by atoms with van der Waals surface area (Å²) >= 11 is 0. The summed E-state index contributed by atoms with van der Waals surface area (Å²) in [7, 11) is 1.73. The van der Waals surface area contributed by atoms with E-state index in [1.807, 2.05) is 0 Å². The van der Waals surface area contributed by atoms with Crippen LogP contribution in [-0.4, -0.2) is 49.8 Å². The molecule has 2 fully saturated rings. The summed E-state index contributed by atoms with van der Waals surface area (Å²) < 4.78 is 14.8. The van der Waals surface area contributed by atoms with Crippen molar-refractivity contribution in [3.8, 4) is 0 Å². The van der Waals surface area contributed by atoms with E-state index in [2.05, 4.69) is 15.4 Å². The van der Waals surface area contributed by atoms with Crippen LogP contribution in [-0.2, 0) is 34.4 Å². The van der Waals surface area contributed by atoms with Crippen molar-refractivity contribution in [2.75, 3.05) is 6.54 Å². The molecule has 1 saturated heterocycles. The van der Waals surface area contributed by atoms with Gasteiger partial charge in [-0.1, -0.05) is 12.1 Å². The molecule has 29 heavy (non-hydrogen) atoms. The second-order valence-corrected chi connectivity index (χ2v) is 7.71. The van der Waals surface area contributed by atoms with E-state index in [4.69, 9.17) is 0 Å². The third-order valence-electron chi connectivity index (χ3n) is 5.35. The van der Waals surface area contributed by atoms with Crippen molar-refractivity contribution in [3.05, 3.63) is 47.8 Å². The number of aromatic nitrogens is 3. The fourth-order valence-corrected chi connectivity index (χ4v) is 3.65. The molecule has 2 atom stereocenters. The highest BCUT2D eigenvalue weighted by Gasteiger charge is 2.46. The number of hydrogen-bond acceptors (Lipinski definition) is 5. The molecule has 0 bridgehead atoms. The summed E-state index contributed by atoms with van der Waals surface area (Å²) in [4.78, 5) is 43.9. The van der Waals surface area contributed by atoms with Gasteiger partial charge in [0.1, 0.15) is 12.1 Å². The minimum atomic E-state index is -0.755. The average molecular weight is 399 g/mol. The molecule has 0 radical (unpaired) electrons. The molecule has 4 rings (SSSR count). The van der Waals surface area contributed by atoms with E-state index in [1.54, 1.807) is 19.2 Å². The second kappa shape index (κ2) is 7.73. The molecule has 152 valence electrons. The van der Waals surface area contributed by atoms with E-state index in [-0.39, 0.29) is 37.3 Å². The van der Waals surface area contributed by atoms with Gasteiger partial charge in [-0.25, -0.2) is 9.37 Å². The molecule has 1 aromatic heterocycles. The van der Waals surface area contributed by atoms with Crippen LogP contribution in [0.3, 0.4) is 0 Å². The van der Waals surface area contributed by atoms with Gasteiger partial charge in [0.05, 0.1) is 18.4 Å². The number of Topliss-reactive ketones (excluding diaryl/α,β-unsaturated/α-hetero) is 1. The number of carbonyl (C=O) groups is 3. The number of halogens is 1. The lowest BCUT2D eigenvalue weighted by Gasteiger charge is -2.15. The molecular weight excluding hydrogens is 377 g/mol. The number of benzene rings is 1. The lowest BCUT2D eigenvalue weighted by atomic mass is 9.86. The van der Waals surface area contributed by atoms with Gasteiger partial charge in [0.25, 0.3) is 5.91 Å². The molecule has 1 N–H and O–H groups in total. The van der Waals surface area contributed by atoms with E-state index in [0.29, 0.717) is 5.82 Å². The number of amides is 2. The van der Waals surface area contributed by atoms with Crippen LogP contribution >= 0.6 is 0 Å². The number of aryl methyl sites for hydroxylation is 1. The van der Waals surface area contributed by atoms with Gasteiger partial charge in [-0.05, 0) is 37.0 Å². The molecule has 1 saturated carbocycles. The number of likely N-dealkylation sites (tertiary alicyclic amines) is 1. The van der Waals surface area contributed by atoms with Crippen molar-refractivity contribution in [1.82, 2.24) is 25.0 Å². The lowest BCUT2D eigenvalue weighted by Crippen LogP contribution is -2.39. The zero-order valence-corrected chi connectivity index (χ0v) is 16.0. The Hall–Kier alpha value is -3.10. The molecule has 2 heterocycles. The van der Waals surface area contributed by atoms with E-state index in [0.717, 1.165) is 18.4 Å². The average Bonchev–Trinajstić information content (AvgIpc) is 3.34. The zero-order chi connectivity index (χ0) is 20.5. The maximum Gasteiger partial charge on any atom is 0.287 e. The Morgan fingerprint density at radius 3 is 2.59 bits per heavy atom. The molecule has 8 nitrogen and oxygen atoms in total. The first-order chi connectivity index (χ1) is 13.9.